The molecule has 0 bridgehead atoms. The third kappa shape index (κ3) is 4.08. The number of rotatable bonds is 5. The zero-order valence-corrected chi connectivity index (χ0v) is 17.1. The number of aryl methyl sites for hydroxylation is 1. The smallest absolute Gasteiger partial charge is 0.268 e. The Hall–Kier alpha value is -2.31. The van der Waals surface area contributed by atoms with E-state index in [0.29, 0.717) is 32.5 Å². The molecule has 1 fully saturated rings. The van der Waals surface area contributed by atoms with Crippen LogP contribution in [0.4, 0.5) is 5.69 Å². The summed E-state index contributed by atoms with van der Waals surface area (Å²) in [4.78, 5) is 29.1. The second-order valence-corrected chi connectivity index (χ2v) is 8.45. The van der Waals surface area contributed by atoms with E-state index in [1.165, 1.54) is 11.5 Å². The fraction of sp³-hybridized carbons (Fsp3) is 0.333. The van der Waals surface area contributed by atoms with Gasteiger partial charge in [-0.15, -0.1) is 0 Å². The first-order valence-corrected chi connectivity index (χ1v) is 10.6. The van der Waals surface area contributed by atoms with Crippen LogP contribution in [0.15, 0.2) is 53.3 Å². The average molecular weight is 416 g/mol. The van der Waals surface area contributed by atoms with Crippen LogP contribution in [0.25, 0.3) is 10.1 Å². The van der Waals surface area contributed by atoms with E-state index in [0.717, 1.165) is 33.9 Å². The predicted octanol–water partition coefficient (Wildman–Crippen LogP) is 3.85. The molecule has 0 atom stereocenters. The van der Waals surface area contributed by atoms with Crippen molar-refractivity contribution < 1.29 is 4.79 Å². The van der Waals surface area contributed by atoms with Gasteiger partial charge in [0.25, 0.3) is 5.56 Å². The molecule has 3 aromatic rings. The molecule has 1 saturated heterocycles. The summed E-state index contributed by atoms with van der Waals surface area (Å²) < 4.78 is 2.76. The van der Waals surface area contributed by atoms with Crippen molar-refractivity contribution in [1.29, 1.82) is 0 Å². The lowest BCUT2D eigenvalue weighted by atomic mass is 10.2. The molecule has 0 aliphatic carbocycles. The summed E-state index contributed by atoms with van der Waals surface area (Å²) in [5.41, 5.74) is 1.15. The Morgan fingerprint density at radius 3 is 2.57 bits per heavy atom. The molecule has 1 amide bonds. The van der Waals surface area contributed by atoms with Crippen molar-refractivity contribution in [2.24, 2.45) is 0 Å². The minimum absolute atomic E-state index is 0.0446. The van der Waals surface area contributed by atoms with Crippen LogP contribution in [0, 0.1) is 0 Å². The van der Waals surface area contributed by atoms with E-state index < -0.39 is 0 Å². The number of aromatic nitrogens is 1. The van der Waals surface area contributed by atoms with E-state index in [1.807, 2.05) is 53.4 Å². The summed E-state index contributed by atoms with van der Waals surface area (Å²) >= 11 is 7.55. The van der Waals surface area contributed by atoms with Gasteiger partial charge in [0.2, 0.25) is 5.91 Å². The number of carbonyl (C=O) groups is 1. The second-order valence-electron chi connectivity index (χ2n) is 6.95. The van der Waals surface area contributed by atoms with Gasteiger partial charge in [-0.2, -0.15) is 0 Å². The summed E-state index contributed by atoms with van der Waals surface area (Å²) in [7, 11) is 0. The van der Waals surface area contributed by atoms with Crippen molar-refractivity contribution in [3.63, 3.8) is 0 Å². The largest absolute Gasteiger partial charge is 0.368 e. The molecule has 1 aromatic heterocycles. The molecular weight excluding hydrogens is 394 g/mol. The quantitative estimate of drug-likeness (QED) is 0.635. The van der Waals surface area contributed by atoms with Crippen LogP contribution in [-0.2, 0) is 11.3 Å². The third-order valence-electron chi connectivity index (χ3n) is 5.11. The fourth-order valence-electron chi connectivity index (χ4n) is 3.58. The molecule has 0 saturated carbocycles. The summed E-state index contributed by atoms with van der Waals surface area (Å²) in [5.74, 6) is 0.167. The van der Waals surface area contributed by atoms with Gasteiger partial charge in [0, 0.05) is 49.9 Å². The average Bonchev–Trinajstić information content (AvgIpc) is 3.04. The van der Waals surface area contributed by atoms with Crippen LogP contribution >= 0.6 is 23.1 Å². The summed E-state index contributed by atoms with van der Waals surface area (Å²) in [5, 5.41) is 1.49. The molecule has 2 heterocycles. The molecule has 4 rings (SSSR count). The zero-order valence-electron chi connectivity index (χ0n) is 15.5. The summed E-state index contributed by atoms with van der Waals surface area (Å²) in [6.07, 6.45) is 1.15. The fourth-order valence-corrected chi connectivity index (χ4v) is 4.80. The van der Waals surface area contributed by atoms with E-state index in [2.05, 4.69) is 4.90 Å². The lowest BCUT2D eigenvalue weighted by molar-refractivity contribution is -0.131. The number of benzene rings is 2. The number of nitrogens with zero attached hydrogens (tertiary/aromatic N) is 3. The number of hydrogen-bond acceptors (Lipinski definition) is 4. The topological polar surface area (TPSA) is 45.6 Å². The summed E-state index contributed by atoms with van der Waals surface area (Å²) in [6.45, 7) is 3.64. The van der Waals surface area contributed by atoms with Gasteiger partial charge in [0.1, 0.15) is 0 Å². The molecule has 28 heavy (non-hydrogen) atoms. The minimum atomic E-state index is 0.0446. The molecule has 2 aromatic carbocycles. The number of amides is 1. The van der Waals surface area contributed by atoms with E-state index in [4.69, 9.17) is 11.6 Å². The molecule has 0 radical (unpaired) electrons. The Kier molecular flexibility index (Phi) is 5.69. The zero-order chi connectivity index (χ0) is 19.5. The van der Waals surface area contributed by atoms with Crippen molar-refractivity contribution in [1.82, 2.24) is 8.86 Å². The van der Waals surface area contributed by atoms with Crippen LogP contribution in [0.1, 0.15) is 12.8 Å². The maximum atomic E-state index is 12.5. The van der Waals surface area contributed by atoms with Gasteiger partial charge in [-0.25, -0.2) is 0 Å². The maximum Gasteiger partial charge on any atom is 0.268 e. The minimum Gasteiger partial charge on any atom is -0.368 e. The first kappa shape index (κ1) is 19.0. The highest BCUT2D eigenvalue weighted by Crippen LogP contribution is 2.21. The number of hydrogen-bond donors (Lipinski definition) is 0. The first-order chi connectivity index (χ1) is 13.6. The molecule has 5 nitrogen and oxygen atoms in total. The van der Waals surface area contributed by atoms with Gasteiger partial charge in [0.15, 0.2) is 0 Å². The van der Waals surface area contributed by atoms with Crippen molar-refractivity contribution in [3.8, 4) is 0 Å². The standard InChI is InChI=1S/C21H22ClN3O2S/c22-16-5-3-6-17(15-16)23-11-13-24(14-12-23)20(26)9-4-10-25-21(27)18-7-1-2-8-19(18)28-25/h1-3,5-8,15H,4,9-14H2. The normalized spacial score (nSPS) is 14.6. The van der Waals surface area contributed by atoms with E-state index in [-0.39, 0.29) is 11.5 Å². The maximum absolute atomic E-state index is 12.5. The van der Waals surface area contributed by atoms with Gasteiger partial charge < -0.3 is 9.80 Å². The predicted molar refractivity (Wildman–Crippen MR) is 116 cm³/mol. The first-order valence-electron chi connectivity index (χ1n) is 9.49. The van der Waals surface area contributed by atoms with Gasteiger partial charge in [-0.1, -0.05) is 41.3 Å². The molecule has 0 spiro atoms. The van der Waals surface area contributed by atoms with Gasteiger partial charge in [0.05, 0.1) is 10.1 Å². The molecule has 7 heteroatoms. The van der Waals surface area contributed by atoms with E-state index in [9.17, 15) is 9.59 Å². The number of fused-ring (bicyclic) bond motifs is 1. The summed E-state index contributed by atoms with van der Waals surface area (Å²) in [6, 6.07) is 15.5. The molecule has 1 aliphatic rings. The van der Waals surface area contributed by atoms with Crippen molar-refractivity contribution in [2.75, 3.05) is 31.1 Å². The molecule has 146 valence electrons. The molecule has 0 unspecified atom stereocenters. The number of piperazine rings is 1. The van der Waals surface area contributed by atoms with Crippen LogP contribution in [0.5, 0.6) is 0 Å². The van der Waals surface area contributed by atoms with Crippen LogP contribution in [-0.4, -0.2) is 40.9 Å². The van der Waals surface area contributed by atoms with Crippen LogP contribution in [0.3, 0.4) is 0 Å². The van der Waals surface area contributed by atoms with Gasteiger partial charge in [-0.05, 0) is 36.8 Å². The Morgan fingerprint density at radius 1 is 1.04 bits per heavy atom. The Morgan fingerprint density at radius 2 is 1.82 bits per heavy atom. The van der Waals surface area contributed by atoms with E-state index >= 15 is 0 Å². The Balaban J connectivity index is 1.28. The Bertz CT molecular complexity index is 1040. The number of carbonyl (C=O) groups excluding carboxylic acids is 1. The monoisotopic (exact) mass is 415 g/mol. The highest BCUT2D eigenvalue weighted by molar-refractivity contribution is 7.13. The third-order valence-corrected chi connectivity index (χ3v) is 6.47. The highest BCUT2D eigenvalue weighted by Gasteiger charge is 2.21. The van der Waals surface area contributed by atoms with Crippen molar-refractivity contribution >= 4 is 44.8 Å². The van der Waals surface area contributed by atoms with Crippen LogP contribution < -0.4 is 10.5 Å². The van der Waals surface area contributed by atoms with Crippen molar-refractivity contribution in [2.45, 2.75) is 19.4 Å². The molecule has 0 N–H and O–H groups in total. The Labute approximate surface area is 172 Å². The van der Waals surface area contributed by atoms with E-state index in [1.54, 1.807) is 3.96 Å². The second kappa shape index (κ2) is 8.37. The van der Waals surface area contributed by atoms with Crippen LogP contribution in [0.2, 0.25) is 5.02 Å². The van der Waals surface area contributed by atoms with Gasteiger partial charge >= 0.3 is 0 Å². The number of halogens is 1. The lowest BCUT2D eigenvalue weighted by Gasteiger charge is -2.36. The number of anilines is 1. The van der Waals surface area contributed by atoms with Gasteiger partial charge in [-0.3, -0.25) is 13.5 Å². The highest BCUT2D eigenvalue weighted by atomic mass is 35.5. The molecule has 1 aliphatic heterocycles. The molecular formula is C21H22ClN3O2S. The lowest BCUT2D eigenvalue weighted by Crippen LogP contribution is -2.48. The van der Waals surface area contributed by atoms with Crippen molar-refractivity contribution in [3.05, 3.63) is 63.9 Å². The SMILES string of the molecule is O=C(CCCn1sc2ccccc2c1=O)N1CCN(c2cccc(Cl)c2)CC1.